The third kappa shape index (κ3) is 2.96. The molecule has 0 N–H and O–H groups in total. The van der Waals surface area contributed by atoms with Crippen molar-refractivity contribution in [2.45, 2.75) is 41.5 Å². The Hall–Kier alpha value is -0.0500. The van der Waals surface area contributed by atoms with Crippen LogP contribution in [0.1, 0.15) is 41.5 Å². The third-order valence-electron chi connectivity index (χ3n) is 3.58. The number of hydrogen-bond donors (Lipinski definition) is 0. The minimum absolute atomic E-state index is 0.0848. The van der Waals surface area contributed by atoms with Gasteiger partial charge in [-0.2, -0.15) is 0 Å². The van der Waals surface area contributed by atoms with Crippen LogP contribution >= 0.6 is 0 Å². The zero-order valence-electron chi connectivity index (χ0n) is 10.8. The summed E-state index contributed by atoms with van der Waals surface area (Å²) in [6.07, 6.45) is 0. The van der Waals surface area contributed by atoms with Gasteiger partial charge in [-0.15, -0.1) is 0 Å². The summed E-state index contributed by atoms with van der Waals surface area (Å²) >= 11 is 0. The van der Waals surface area contributed by atoms with Crippen LogP contribution in [0, 0.1) is 22.7 Å². The van der Waals surface area contributed by atoms with E-state index in [0.717, 1.165) is 0 Å². The predicted molar refractivity (Wildman–Crippen MR) is 64.5 cm³/mol. The highest BCUT2D eigenvalue weighted by molar-refractivity contribution is 7.91. The second-order valence-corrected chi connectivity index (χ2v) is 9.18. The highest BCUT2D eigenvalue weighted by atomic mass is 32.2. The molecule has 1 rings (SSSR count). The molecule has 0 aromatic carbocycles. The summed E-state index contributed by atoms with van der Waals surface area (Å²) < 4.78 is 23.5. The monoisotopic (exact) mass is 232 g/mol. The maximum absolute atomic E-state index is 11.7. The standard InChI is InChI=1S/C12H24O2S/c1-11(2,3)9-7-15(13,14)8-10(9)12(4,5)6/h9-10H,7-8H2,1-6H3. The first-order valence-electron chi connectivity index (χ1n) is 5.64. The van der Waals surface area contributed by atoms with Crippen LogP contribution in [-0.2, 0) is 9.84 Å². The Morgan fingerprint density at radius 1 is 0.800 bits per heavy atom. The Bertz CT molecular complexity index is 300. The molecule has 0 spiro atoms. The Balaban J connectivity index is 3.06. The molecule has 1 aliphatic heterocycles. The molecular formula is C12H24O2S. The Labute approximate surface area is 94.4 Å². The van der Waals surface area contributed by atoms with Gasteiger partial charge in [0.25, 0.3) is 0 Å². The first-order chi connectivity index (χ1) is 6.43. The van der Waals surface area contributed by atoms with E-state index in [2.05, 4.69) is 41.5 Å². The molecule has 1 heterocycles. The summed E-state index contributed by atoms with van der Waals surface area (Å²) in [5, 5.41) is 0. The molecule has 90 valence electrons. The van der Waals surface area contributed by atoms with Crippen LogP contribution in [0.25, 0.3) is 0 Å². The average Bonchev–Trinajstić information content (AvgIpc) is 2.23. The lowest BCUT2D eigenvalue weighted by molar-refractivity contribution is 0.115. The Kier molecular flexibility index (Phi) is 3.01. The second-order valence-electron chi connectivity index (χ2n) is 7.02. The highest BCUT2D eigenvalue weighted by Gasteiger charge is 2.47. The van der Waals surface area contributed by atoms with E-state index in [1.165, 1.54) is 0 Å². The van der Waals surface area contributed by atoms with Crippen molar-refractivity contribution in [2.24, 2.45) is 22.7 Å². The van der Waals surface area contributed by atoms with Crippen molar-refractivity contribution in [3.05, 3.63) is 0 Å². The van der Waals surface area contributed by atoms with E-state index in [0.29, 0.717) is 23.3 Å². The van der Waals surface area contributed by atoms with Crippen LogP contribution in [0.15, 0.2) is 0 Å². The normalized spacial score (nSPS) is 31.9. The average molecular weight is 232 g/mol. The molecule has 2 nitrogen and oxygen atoms in total. The van der Waals surface area contributed by atoms with Gasteiger partial charge in [0.2, 0.25) is 0 Å². The predicted octanol–water partition coefficient (Wildman–Crippen LogP) is 2.74. The first-order valence-corrected chi connectivity index (χ1v) is 7.46. The molecule has 3 heteroatoms. The summed E-state index contributed by atoms with van der Waals surface area (Å²) in [6.45, 7) is 12.9. The van der Waals surface area contributed by atoms with Crippen molar-refractivity contribution in [1.82, 2.24) is 0 Å². The van der Waals surface area contributed by atoms with Crippen molar-refractivity contribution in [3.8, 4) is 0 Å². The van der Waals surface area contributed by atoms with Gasteiger partial charge in [0.15, 0.2) is 9.84 Å². The first kappa shape index (κ1) is 13.0. The zero-order chi connectivity index (χ0) is 12.1. The van der Waals surface area contributed by atoms with Crippen LogP contribution in [0.4, 0.5) is 0 Å². The van der Waals surface area contributed by atoms with E-state index in [4.69, 9.17) is 0 Å². The van der Waals surface area contributed by atoms with E-state index in [-0.39, 0.29) is 10.8 Å². The second kappa shape index (κ2) is 3.47. The fourth-order valence-electron chi connectivity index (χ4n) is 2.55. The van der Waals surface area contributed by atoms with Crippen molar-refractivity contribution in [2.75, 3.05) is 11.5 Å². The summed E-state index contributed by atoms with van der Waals surface area (Å²) in [4.78, 5) is 0. The summed E-state index contributed by atoms with van der Waals surface area (Å²) in [7, 11) is -2.81. The van der Waals surface area contributed by atoms with E-state index < -0.39 is 9.84 Å². The van der Waals surface area contributed by atoms with Gasteiger partial charge in [-0.25, -0.2) is 8.42 Å². The molecular weight excluding hydrogens is 208 g/mol. The Morgan fingerprint density at radius 3 is 1.27 bits per heavy atom. The molecule has 0 aliphatic carbocycles. The molecule has 0 amide bonds. The van der Waals surface area contributed by atoms with E-state index in [1.54, 1.807) is 0 Å². The SMILES string of the molecule is CC(C)(C)C1CS(=O)(=O)CC1C(C)(C)C. The smallest absolute Gasteiger partial charge is 0.150 e. The van der Waals surface area contributed by atoms with Crippen molar-refractivity contribution >= 4 is 9.84 Å². The van der Waals surface area contributed by atoms with Crippen molar-refractivity contribution in [3.63, 3.8) is 0 Å². The minimum atomic E-state index is -2.81. The summed E-state index contributed by atoms with van der Waals surface area (Å²) in [5.41, 5.74) is 0.170. The van der Waals surface area contributed by atoms with Gasteiger partial charge in [-0.3, -0.25) is 0 Å². The fraction of sp³-hybridized carbons (Fsp3) is 1.00. The van der Waals surface area contributed by atoms with Gasteiger partial charge >= 0.3 is 0 Å². The minimum Gasteiger partial charge on any atom is -0.229 e. The van der Waals surface area contributed by atoms with Gasteiger partial charge in [0, 0.05) is 0 Å². The molecule has 0 aromatic heterocycles. The van der Waals surface area contributed by atoms with Crippen LogP contribution in [0.5, 0.6) is 0 Å². The van der Waals surface area contributed by atoms with E-state index in [9.17, 15) is 8.42 Å². The highest BCUT2D eigenvalue weighted by Crippen LogP contribution is 2.46. The molecule has 0 bridgehead atoms. The fourth-order valence-corrected chi connectivity index (χ4v) is 5.25. The zero-order valence-corrected chi connectivity index (χ0v) is 11.6. The largest absolute Gasteiger partial charge is 0.229 e. The number of sulfone groups is 1. The maximum atomic E-state index is 11.7. The van der Waals surface area contributed by atoms with Gasteiger partial charge in [0.1, 0.15) is 0 Å². The lowest BCUT2D eigenvalue weighted by atomic mass is 9.66. The van der Waals surface area contributed by atoms with E-state index in [1.807, 2.05) is 0 Å². The third-order valence-corrected chi connectivity index (χ3v) is 5.31. The lowest BCUT2D eigenvalue weighted by Crippen LogP contribution is -2.34. The Morgan fingerprint density at radius 2 is 1.07 bits per heavy atom. The molecule has 2 atom stereocenters. The summed E-state index contributed by atoms with van der Waals surface area (Å²) in [5.74, 6) is 1.33. The lowest BCUT2D eigenvalue weighted by Gasteiger charge is -2.38. The number of rotatable bonds is 0. The van der Waals surface area contributed by atoms with E-state index >= 15 is 0 Å². The summed E-state index contributed by atoms with van der Waals surface area (Å²) in [6, 6.07) is 0. The number of hydrogen-bond acceptors (Lipinski definition) is 2. The van der Waals surface area contributed by atoms with Crippen LogP contribution in [0.2, 0.25) is 0 Å². The van der Waals surface area contributed by atoms with Gasteiger partial charge in [-0.1, -0.05) is 41.5 Å². The maximum Gasteiger partial charge on any atom is 0.150 e. The topological polar surface area (TPSA) is 34.1 Å². The quantitative estimate of drug-likeness (QED) is 0.643. The molecule has 0 aromatic rings. The molecule has 0 saturated carbocycles. The van der Waals surface area contributed by atoms with Crippen molar-refractivity contribution in [1.29, 1.82) is 0 Å². The van der Waals surface area contributed by atoms with Gasteiger partial charge in [-0.05, 0) is 22.7 Å². The molecule has 1 fully saturated rings. The molecule has 1 saturated heterocycles. The molecule has 2 unspecified atom stereocenters. The molecule has 1 aliphatic rings. The van der Waals surface area contributed by atoms with Crippen LogP contribution in [-0.4, -0.2) is 19.9 Å². The van der Waals surface area contributed by atoms with Crippen molar-refractivity contribution < 1.29 is 8.42 Å². The van der Waals surface area contributed by atoms with Crippen LogP contribution in [0.3, 0.4) is 0 Å². The molecule has 0 radical (unpaired) electrons. The van der Waals surface area contributed by atoms with Crippen LogP contribution < -0.4 is 0 Å². The molecule has 15 heavy (non-hydrogen) atoms. The van der Waals surface area contributed by atoms with Gasteiger partial charge in [0.05, 0.1) is 11.5 Å². The van der Waals surface area contributed by atoms with Gasteiger partial charge < -0.3 is 0 Å².